The summed E-state index contributed by atoms with van der Waals surface area (Å²) in [5.74, 6) is -0.118. The number of rotatable bonds is 4. The summed E-state index contributed by atoms with van der Waals surface area (Å²) in [6.07, 6.45) is 2.85. The first-order valence-electron chi connectivity index (χ1n) is 7.64. The molecule has 0 aliphatic carbocycles. The molecular formula is C13H26N4O3S. The molecule has 0 aromatic heterocycles. The van der Waals surface area contributed by atoms with Crippen LogP contribution < -0.4 is 5.32 Å². The molecule has 0 saturated carbocycles. The molecule has 0 radical (unpaired) electrons. The van der Waals surface area contributed by atoms with Crippen molar-refractivity contribution in [3.05, 3.63) is 0 Å². The van der Waals surface area contributed by atoms with E-state index < -0.39 is 10.2 Å². The van der Waals surface area contributed by atoms with Crippen LogP contribution in [0.3, 0.4) is 0 Å². The van der Waals surface area contributed by atoms with Gasteiger partial charge in [-0.3, -0.25) is 4.79 Å². The van der Waals surface area contributed by atoms with Gasteiger partial charge in [0, 0.05) is 45.8 Å². The number of hydrogen-bond donors (Lipinski definition) is 1. The smallest absolute Gasteiger partial charge is 0.282 e. The number of carbonyl (C=O) groups excluding carboxylic acids is 1. The highest BCUT2D eigenvalue weighted by molar-refractivity contribution is 7.86. The molecule has 7 nitrogen and oxygen atoms in total. The zero-order valence-electron chi connectivity index (χ0n) is 12.9. The number of nitrogens with zero attached hydrogens (tertiary/aromatic N) is 3. The van der Waals surface area contributed by atoms with Crippen LogP contribution in [0.5, 0.6) is 0 Å². The van der Waals surface area contributed by atoms with E-state index in [2.05, 4.69) is 5.32 Å². The summed E-state index contributed by atoms with van der Waals surface area (Å²) in [5.41, 5.74) is 0. The van der Waals surface area contributed by atoms with E-state index in [0.29, 0.717) is 19.6 Å². The molecule has 1 atom stereocenters. The minimum Gasteiger partial charge on any atom is -0.339 e. The molecule has 1 amide bonds. The molecule has 1 N–H and O–H groups in total. The Balaban J connectivity index is 1.97. The molecule has 1 unspecified atom stereocenters. The van der Waals surface area contributed by atoms with Crippen LogP contribution in [0, 0.1) is 0 Å². The number of hydrogen-bond acceptors (Lipinski definition) is 4. The van der Waals surface area contributed by atoms with Crippen molar-refractivity contribution in [1.82, 2.24) is 18.8 Å². The van der Waals surface area contributed by atoms with E-state index >= 15 is 0 Å². The molecular weight excluding hydrogens is 292 g/mol. The summed E-state index contributed by atoms with van der Waals surface area (Å²) < 4.78 is 27.9. The van der Waals surface area contributed by atoms with Crippen molar-refractivity contribution >= 4 is 16.1 Å². The van der Waals surface area contributed by atoms with Crippen LogP contribution in [-0.2, 0) is 15.0 Å². The first-order chi connectivity index (χ1) is 9.93. The second-order valence-electron chi connectivity index (χ2n) is 5.85. The minimum absolute atomic E-state index is 0.0143. The fraction of sp³-hybridized carbons (Fsp3) is 0.923. The van der Waals surface area contributed by atoms with Crippen molar-refractivity contribution in [2.24, 2.45) is 0 Å². The predicted molar refractivity (Wildman–Crippen MR) is 81.0 cm³/mol. The van der Waals surface area contributed by atoms with Crippen molar-refractivity contribution in [3.63, 3.8) is 0 Å². The van der Waals surface area contributed by atoms with Crippen molar-refractivity contribution < 1.29 is 13.2 Å². The third-order valence-electron chi connectivity index (χ3n) is 4.26. The van der Waals surface area contributed by atoms with Gasteiger partial charge in [-0.15, -0.1) is 0 Å². The minimum atomic E-state index is -3.54. The van der Waals surface area contributed by atoms with E-state index in [1.165, 1.54) is 15.7 Å². The van der Waals surface area contributed by atoms with Crippen LogP contribution in [0.2, 0.25) is 0 Å². The molecule has 2 fully saturated rings. The fourth-order valence-electron chi connectivity index (χ4n) is 2.88. The molecule has 2 saturated heterocycles. The molecule has 2 aliphatic heterocycles. The zero-order chi connectivity index (χ0) is 15.5. The molecule has 122 valence electrons. The van der Waals surface area contributed by atoms with Gasteiger partial charge in [-0.25, -0.2) is 0 Å². The first kappa shape index (κ1) is 16.7. The quantitative estimate of drug-likeness (QED) is 0.756. The van der Waals surface area contributed by atoms with Crippen LogP contribution in [-0.4, -0.2) is 80.2 Å². The fourth-order valence-corrected chi connectivity index (χ4v) is 4.43. The zero-order valence-corrected chi connectivity index (χ0v) is 13.7. The van der Waals surface area contributed by atoms with E-state index in [-0.39, 0.29) is 18.5 Å². The maximum absolute atomic E-state index is 12.6. The average molecular weight is 318 g/mol. The third kappa shape index (κ3) is 3.94. The number of nitrogens with one attached hydrogen (secondary N) is 1. The van der Waals surface area contributed by atoms with Crippen molar-refractivity contribution in [1.29, 1.82) is 0 Å². The van der Waals surface area contributed by atoms with Gasteiger partial charge in [0.05, 0.1) is 6.54 Å². The Hall–Kier alpha value is -0.700. The van der Waals surface area contributed by atoms with Gasteiger partial charge >= 0.3 is 0 Å². The molecule has 0 aromatic rings. The Bertz CT molecular complexity index is 462. The van der Waals surface area contributed by atoms with E-state index in [4.69, 9.17) is 0 Å². The summed E-state index contributed by atoms with van der Waals surface area (Å²) >= 11 is 0. The van der Waals surface area contributed by atoms with Gasteiger partial charge in [-0.1, -0.05) is 6.42 Å². The second-order valence-corrected chi connectivity index (χ2v) is 7.84. The van der Waals surface area contributed by atoms with Gasteiger partial charge in [0.25, 0.3) is 10.2 Å². The normalized spacial score (nSPS) is 25.3. The maximum Gasteiger partial charge on any atom is 0.282 e. The molecule has 0 spiro atoms. The summed E-state index contributed by atoms with van der Waals surface area (Å²) in [4.78, 5) is 13.9. The van der Waals surface area contributed by atoms with Gasteiger partial charge in [0.2, 0.25) is 5.91 Å². The first-order valence-corrected chi connectivity index (χ1v) is 9.04. The van der Waals surface area contributed by atoms with Crippen molar-refractivity contribution in [2.45, 2.75) is 32.2 Å². The van der Waals surface area contributed by atoms with Crippen LogP contribution in [0.1, 0.15) is 26.2 Å². The van der Waals surface area contributed by atoms with Gasteiger partial charge < -0.3 is 10.2 Å². The molecule has 0 aromatic carbocycles. The number of amides is 1. The maximum atomic E-state index is 12.6. The van der Waals surface area contributed by atoms with Crippen LogP contribution in [0.15, 0.2) is 0 Å². The topological polar surface area (TPSA) is 73.0 Å². The Labute approximate surface area is 127 Å². The Morgan fingerprint density at radius 1 is 1.24 bits per heavy atom. The number of piperidine rings is 1. The molecule has 8 heteroatoms. The van der Waals surface area contributed by atoms with E-state index in [9.17, 15) is 13.2 Å². The van der Waals surface area contributed by atoms with E-state index in [1.54, 1.807) is 4.90 Å². The standard InChI is InChI=1S/C13H26N4O3S/c1-12-5-3-4-8-17(12)21(19,20)15(2)11-13(18)16-9-6-14-7-10-16/h12,14H,3-11H2,1-2H3. The Kier molecular flexibility index (Phi) is 5.59. The highest BCUT2D eigenvalue weighted by Gasteiger charge is 2.34. The Morgan fingerprint density at radius 2 is 1.90 bits per heavy atom. The van der Waals surface area contributed by atoms with Crippen molar-refractivity contribution in [3.8, 4) is 0 Å². The van der Waals surface area contributed by atoms with Gasteiger partial charge in [0.1, 0.15) is 0 Å². The number of carbonyl (C=O) groups is 1. The lowest BCUT2D eigenvalue weighted by molar-refractivity contribution is -0.131. The highest BCUT2D eigenvalue weighted by Crippen LogP contribution is 2.21. The largest absolute Gasteiger partial charge is 0.339 e. The molecule has 2 heterocycles. The summed E-state index contributed by atoms with van der Waals surface area (Å²) in [6, 6.07) is 0.0143. The molecule has 2 aliphatic rings. The summed E-state index contributed by atoms with van der Waals surface area (Å²) in [6.45, 7) is 5.24. The third-order valence-corrected chi connectivity index (χ3v) is 6.31. The molecule has 0 bridgehead atoms. The average Bonchev–Trinajstić information content (AvgIpc) is 2.48. The van der Waals surface area contributed by atoms with Crippen LogP contribution >= 0.6 is 0 Å². The number of piperazine rings is 1. The van der Waals surface area contributed by atoms with Crippen molar-refractivity contribution in [2.75, 3.05) is 46.3 Å². The second kappa shape index (κ2) is 7.04. The van der Waals surface area contributed by atoms with Crippen LogP contribution in [0.4, 0.5) is 0 Å². The molecule has 21 heavy (non-hydrogen) atoms. The van der Waals surface area contributed by atoms with Gasteiger partial charge in [0.15, 0.2) is 0 Å². The molecule has 2 rings (SSSR count). The lowest BCUT2D eigenvalue weighted by Gasteiger charge is -2.35. The van der Waals surface area contributed by atoms with E-state index in [0.717, 1.165) is 32.4 Å². The highest BCUT2D eigenvalue weighted by atomic mass is 32.2. The SMILES string of the molecule is CC1CCCCN1S(=O)(=O)N(C)CC(=O)N1CCNCC1. The Morgan fingerprint density at radius 3 is 2.52 bits per heavy atom. The predicted octanol–water partition coefficient (Wildman–Crippen LogP) is -0.531. The van der Waals surface area contributed by atoms with Crippen LogP contribution in [0.25, 0.3) is 0 Å². The lowest BCUT2D eigenvalue weighted by atomic mass is 10.1. The van der Waals surface area contributed by atoms with E-state index in [1.807, 2.05) is 6.92 Å². The lowest BCUT2D eigenvalue weighted by Crippen LogP contribution is -2.53. The monoisotopic (exact) mass is 318 g/mol. The summed E-state index contributed by atoms with van der Waals surface area (Å²) in [5, 5.41) is 3.18. The summed E-state index contributed by atoms with van der Waals surface area (Å²) in [7, 11) is -2.04. The van der Waals surface area contributed by atoms with Gasteiger partial charge in [-0.2, -0.15) is 17.0 Å². The number of likely N-dealkylation sites (N-methyl/N-ethyl adjacent to an activating group) is 1. The van der Waals surface area contributed by atoms with Gasteiger partial charge in [-0.05, 0) is 19.8 Å².